The first-order chi connectivity index (χ1) is 9.52. The molecule has 1 amide bonds. The molecule has 0 bridgehead atoms. The van der Waals surface area contributed by atoms with Crippen molar-refractivity contribution in [2.24, 2.45) is 0 Å². The third-order valence-electron chi connectivity index (χ3n) is 3.18. The van der Waals surface area contributed by atoms with Gasteiger partial charge < -0.3 is 4.90 Å². The Labute approximate surface area is 124 Å². The van der Waals surface area contributed by atoms with Crippen molar-refractivity contribution in [1.29, 1.82) is 0 Å². The van der Waals surface area contributed by atoms with E-state index in [0.717, 1.165) is 26.3 Å². The molecule has 7 heteroatoms. The lowest BCUT2D eigenvalue weighted by molar-refractivity contribution is -0.137. The molecule has 0 aromatic carbocycles. The number of halogens is 1. The van der Waals surface area contributed by atoms with E-state index in [1.54, 1.807) is 11.3 Å². The molecule has 0 aliphatic carbocycles. The van der Waals surface area contributed by atoms with E-state index >= 15 is 0 Å². The second kappa shape index (κ2) is 5.21. The summed E-state index contributed by atoms with van der Waals surface area (Å²) in [4.78, 5) is 23.4. The Kier molecular flexibility index (Phi) is 3.55. The molecule has 4 nitrogen and oxygen atoms in total. The summed E-state index contributed by atoms with van der Waals surface area (Å²) in [7, 11) is 0. The van der Waals surface area contributed by atoms with Gasteiger partial charge in [-0.05, 0) is 13.8 Å². The van der Waals surface area contributed by atoms with E-state index in [1.807, 2.05) is 19.2 Å². The first-order valence-corrected chi connectivity index (χ1v) is 8.03. The van der Waals surface area contributed by atoms with Crippen LogP contribution in [-0.4, -0.2) is 40.0 Å². The molecular formula is C13H14FN3OS2. The minimum atomic E-state index is -0.853. The molecule has 2 aromatic rings. The van der Waals surface area contributed by atoms with Crippen molar-refractivity contribution in [2.45, 2.75) is 26.4 Å². The number of aryl methyl sites for hydroxylation is 2. The Morgan fingerprint density at radius 2 is 2.20 bits per heavy atom. The number of aromatic nitrogens is 2. The molecule has 2 aromatic heterocycles. The van der Waals surface area contributed by atoms with Crippen molar-refractivity contribution in [1.82, 2.24) is 14.9 Å². The maximum absolute atomic E-state index is 12.7. The highest BCUT2D eigenvalue weighted by molar-refractivity contribution is 7.16. The van der Waals surface area contributed by atoms with Crippen molar-refractivity contribution in [2.75, 3.05) is 13.1 Å². The lowest BCUT2D eigenvalue weighted by Crippen LogP contribution is -2.51. The molecule has 1 aliphatic heterocycles. The van der Waals surface area contributed by atoms with E-state index in [4.69, 9.17) is 0 Å². The highest BCUT2D eigenvalue weighted by Crippen LogP contribution is 2.30. The summed E-state index contributed by atoms with van der Waals surface area (Å²) in [6.07, 6.45) is -0.595. The normalized spacial score (nSPS) is 15.4. The van der Waals surface area contributed by atoms with Gasteiger partial charge in [0.2, 0.25) is 5.91 Å². The van der Waals surface area contributed by atoms with Crippen molar-refractivity contribution >= 4 is 28.6 Å². The summed E-state index contributed by atoms with van der Waals surface area (Å²) in [6, 6.07) is 0. The number of amides is 1. The molecule has 3 heterocycles. The molecule has 0 spiro atoms. The third-order valence-corrected chi connectivity index (χ3v) is 5.12. The summed E-state index contributed by atoms with van der Waals surface area (Å²) < 4.78 is 12.7. The molecule has 1 aliphatic rings. The van der Waals surface area contributed by atoms with Gasteiger partial charge in [0.25, 0.3) is 0 Å². The summed E-state index contributed by atoms with van der Waals surface area (Å²) in [5.41, 5.74) is 1.85. The zero-order valence-corrected chi connectivity index (χ0v) is 12.9. The van der Waals surface area contributed by atoms with Crippen LogP contribution < -0.4 is 0 Å². The smallest absolute Gasteiger partial charge is 0.229 e. The van der Waals surface area contributed by atoms with Gasteiger partial charge in [0.1, 0.15) is 11.2 Å². The predicted molar refractivity (Wildman–Crippen MR) is 77.9 cm³/mol. The van der Waals surface area contributed by atoms with Gasteiger partial charge in [0.15, 0.2) is 0 Å². The molecule has 0 radical (unpaired) electrons. The van der Waals surface area contributed by atoms with Gasteiger partial charge in [-0.1, -0.05) is 0 Å². The van der Waals surface area contributed by atoms with E-state index in [-0.39, 0.29) is 25.4 Å². The Morgan fingerprint density at radius 3 is 2.80 bits per heavy atom. The number of carbonyl (C=O) groups is 1. The molecule has 0 unspecified atom stereocenters. The van der Waals surface area contributed by atoms with Crippen LogP contribution in [-0.2, 0) is 11.2 Å². The Morgan fingerprint density at radius 1 is 1.45 bits per heavy atom. The Bertz CT molecular complexity index is 646. The fraction of sp³-hybridized carbons (Fsp3) is 0.462. The maximum Gasteiger partial charge on any atom is 0.229 e. The van der Waals surface area contributed by atoms with E-state index < -0.39 is 6.17 Å². The number of hydrogen-bond acceptors (Lipinski definition) is 5. The average molecular weight is 311 g/mol. The van der Waals surface area contributed by atoms with Crippen LogP contribution >= 0.6 is 22.7 Å². The van der Waals surface area contributed by atoms with Crippen LogP contribution in [0.4, 0.5) is 4.39 Å². The first kappa shape index (κ1) is 13.6. The van der Waals surface area contributed by atoms with Crippen LogP contribution in [0.15, 0.2) is 5.38 Å². The van der Waals surface area contributed by atoms with Crippen molar-refractivity contribution < 1.29 is 9.18 Å². The molecule has 0 atom stereocenters. The quantitative estimate of drug-likeness (QED) is 0.875. The fourth-order valence-electron chi connectivity index (χ4n) is 2.13. The lowest BCUT2D eigenvalue weighted by atomic mass is 10.2. The van der Waals surface area contributed by atoms with Crippen LogP contribution in [0.3, 0.4) is 0 Å². The summed E-state index contributed by atoms with van der Waals surface area (Å²) >= 11 is 3.08. The van der Waals surface area contributed by atoms with E-state index in [0.29, 0.717) is 0 Å². The van der Waals surface area contributed by atoms with Gasteiger partial charge in [-0.2, -0.15) is 0 Å². The van der Waals surface area contributed by atoms with Gasteiger partial charge in [0, 0.05) is 5.38 Å². The zero-order chi connectivity index (χ0) is 14.3. The fourth-order valence-corrected chi connectivity index (χ4v) is 3.87. The summed E-state index contributed by atoms with van der Waals surface area (Å²) in [5.74, 6) is -0.0444. The van der Waals surface area contributed by atoms with Gasteiger partial charge >= 0.3 is 0 Å². The van der Waals surface area contributed by atoms with E-state index in [2.05, 4.69) is 9.97 Å². The zero-order valence-electron chi connectivity index (χ0n) is 11.2. The molecule has 20 heavy (non-hydrogen) atoms. The average Bonchev–Trinajstić information content (AvgIpc) is 2.91. The highest BCUT2D eigenvalue weighted by atomic mass is 32.1. The van der Waals surface area contributed by atoms with E-state index in [9.17, 15) is 9.18 Å². The second-order valence-corrected chi connectivity index (χ2v) is 6.99. The van der Waals surface area contributed by atoms with Gasteiger partial charge in [0.05, 0.1) is 40.8 Å². The SMILES string of the molecule is Cc1nc(C)c(-c2csc(CC(=O)N3CC(F)C3)n2)s1. The number of rotatable bonds is 3. The Hall–Kier alpha value is -1.34. The van der Waals surface area contributed by atoms with E-state index in [1.165, 1.54) is 16.2 Å². The summed E-state index contributed by atoms with van der Waals surface area (Å²) in [5, 5.41) is 3.74. The first-order valence-electron chi connectivity index (χ1n) is 6.33. The number of carbonyl (C=O) groups excluding carboxylic acids is 1. The molecule has 0 saturated carbocycles. The monoisotopic (exact) mass is 311 g/mol. The largest absolute Gasteiger partial charge is 0.336 e. The number of thiazole rings is 2. The molecule has 0 N–H and O–H groups in total. The number of alkyl halides is 1. The number of nitrogens with zero attached hydrogens (tertiary/aromatic N) is 3. The van der Waals surface area contributed by atoms with Crippen molar-refractivity contribution in [3.8, 4) is 10.6 Å². The van der Waals surface area contributed by atoms with Crippen LogP contribution in [0.1, 0.15) is 15.7 Å². The molecule has 1 saturated heterocycles. The van der Waals surface area contributed by atoms with Crippen LogP contribution in [0.5, 0.6) is 0 Å². The number of hydrogen-bond donors (Lipinski definition) is 0. The summed E-state index contributed by atoms with van der Waals surface area (Å²) in [6.45, 7) is 4.38. The van der Waals surface area contributed by atoms with Gasteiger partial charge in [-0.3, -0.25) is 4.79 Å². The third kappa shape index (κ3) is 2.60. The molecule has 1 fully saturated rings. The van der Waals surface area contributed by atoms with Crippen LogP contribution in [0.2, 0.25) is 0 Å². The minimum Gasteiger partial charge on any atom is -0.336 e. The molecule has 106 valence electrons. The molecular weight excluding hydrogens is 297 g/mol. The second-order valence-electron chi connectivity index (χ2n) is 4.85. The van der Waals surface area contributed by atoms with Gasteiger partial charge in [-0.15, -0.1) is 22.7 Å². The number of likely N-dealkylation sites (tertiary alicyclic amines) is 1. The van der Waals surface area contributed by atoms with Gasteiger partial charge in [-0.25, -0.2) is 14.4 Å². The lowest BCUT2D eigenvalue weighted by Gasteiger charge is -2.34. The predicted octanol–water partition coefficient (Wildman–Crippen LogP) is 2.61. The minimum absolute atomic E-state index is 0.0444. The molecule has 3 rings (SSSR count). The maximum atomic E-state index is 12.7. The van der Waals surface area contributed by atoms with Crippen LogP contribution in [0, 0.1) is 13.8 Å². The van der Waals surface area contributed by atoms with Crippen molar-refractivity contribution in [3.63, 3.8) is 0 Å². The van der Waals surface area contributed by atoms with Crippen molar-refractivity contribution in [3.05, 3.63) is 21.1 Å². The topological polar surface area (TPSA) is 46.1 Å². The highest BCUT2D eigenvalue weighted by Gasteiger charge is 2.30. The van der Waals surface area contributed by atoms with Crippen LogP contribution in [0.25, 0.3) is 10.6 Å². The standard InChI is InChI=1S/C13H14FN3OS2/c1-7-13(20-8(2)15-7)10-6-19-11(16-10)3-12(18)17-4-9(14)5-17/h6,9H,3-5H2,1-2H3. The Balaban J connectivity index is 1.71.